The quantitative estimate of drug-likeness (QED) is 0.413. The average molecular weight is 325 g/mol. The Morgan fingerprint density at radius 2 is 1.43 bits per heavy atom. The first kappa shape index (κ1) is 20.5. The van der Waals surface area contributed by atoms with Crippen LogP contribution in [0.4, 0.5) is 0 Å². The lowest BCUT2D eigenvalue weighted by Crippen LogP contribution is -2.33. The molecule has 0 radical (unpaired) electrons. The summed E-state index contributed by atoms with van der Waals surface area (Å²) in [6.07, 6.45) is 17.3. The Bertz CT molecular complexity index is 302. The van der Waals surface area contributed by atoms with E-state index in [0.29, 0.717) is 0 Å². The van der Waals surface area contributed by atoms with Crippen LogP contribution in [0.1, 0.15) is 97.3 Å². The molecule has 2 unspecified atom stereocenters. The molecule has 0 aromatic heterocycles. The summed E-state index contributed by atoms with van der Waals surface area (Å²) in [6, 6.07) is 0. The van der Waals surface area contributed by atoms with Crippen LogP contribution in [0.5, 0.6) is 0 Å². The summed E-state index contributed by atoms with van der Waals surface area (Å²) in [4.78, 5) is 4.48. The molecule has 2 N–H and O–H groups in total. The molecule has 1 rings (SSSR count). The van der Waals surface area contributed by atoms with Crippen molar-refractivity contribution in [3.63, 3.8) is 0 Å². The summed E-state index contributed by atoms with van der Waals surface area (Å²) >= 11 is 0. The fourth-order valence-corrected chi connectivity index (χ4v) is 3.48. The third-order valence-electron chi connectivity index (χ3n) is 5.00. The summed E-state index contributed by atoms with van der Waals surface area (Å²) in [5, 5.41) is 13.3. The Labute approximate surface area is 144 Å². The van der Waals surface area contributed by atoms with E-state index in [9.17, 15) is 5.11 Å². The highest BCUT2D eigenvalue weighted by atomic mass is 16.3. The van der Waals surface area contributed by atoms with Crippen molar-refractivity contribution >= 4 is 5.84 Å². The summed E-state index contributed by atoms with van der Waals surface area (Å²) < 4.78 is 0. The van der Waals surface area contributed by atoms with Gasteiger partial charge in [0.2, 0.25) is 0 Å². The SMILES string of the molecule is CCCCCCCCCCCCCCC(C1=NCCN1)C(C)O. The van der Waals surface area contributed by atoms with Gasteiger partial charge in [-0.25, -0.2) is 0 Å². The first-order valence-corrected chi connectivity index (χ1v) is 10.2. The van der Waals surface area contributed by atoms with Crippen molar-refractivity contribution in [2.24, 2.45) is 10.9 Å². The molecule has 0 aromatic carbocycles. The van der Waals surface area contributed by atoms with Gasteiger partial charge in [-0.05, 0) is 13.3 Å². The van der Waals surface area contributed by atoms with Gasteiger partial charge in [0.05, 0.1) is 12.6 Å². The Kier molecular flexibility index (Phi) is 12.3. The van der Waals surface area contributed by atoms with Gasteiger partial charge in [0.25, 0.3) is 0 Å². The third-order valence-corrected chi connectivity index (χ3v) is 5.00. The van der Waals surface area contributed by atoms with E-state index in [1.807, 2.05) is 6.92 Å². The third kappa shape index (κ3) is 10.0. The number of hydrogen-bond donors (Lipinski definition) is 2. The maximum atomic E-state index is 9.93. The van der Waals surface area contributed by atoms with Crippen molar-refractivity contribution in [3.05, 3.63) is 0 Å². The molecule has 0 amide bonds. The molecule has 1 heterocycles. The van der Waals surface area contributed by atoms with Crippen molar-refractivity contribution < 1.29 is 5.11 Å². The second-order valence-corrected chi connectivity index (χ2v) is 7.22. The molecule has 2 atom stereocenters. The van der Waals surface area contributed by atoms with Crippen LogP contribution in [-0.2, 0) is 0 Å². The van der Waals surface area contributed by atoms with E-state index in [1.54, 1.807) is 0 Å². The second-order valence-electron chi connectivity index (χ2n) is 7.22. The first-order valence-electron chi connectivity index (χ1n) is 10.2. The van der Waals surface area contributed by atoms with Gasteiger partial charge in [0, 0.05) is 12.5 Å². The molecular weight excluding hydrogens is 284 g/mol. The zero-order valence-corrected chi connectivity index (χ0v) is 15.7. The molecule has 0 saturated heterocycles. The molecule has 1 aliphatic rings. The van der Waals surface area contributed by atoms with Crippen LogP contribution < -0.4 is 5.32 Å². The van der Waals surface area contributed by atoms with Crippen molar-refractivity contribution in [1.82, 2.24) is 5.32 Å². The summed E-state index contributed by atoms with van der Waals surface area (Å²) in [5.41, 5.74) is 0. The molecule has 1 aliphatic heterocycles. The lowest BCUT2D eigenvalue weighted by atomic mass is 9.94. The van der Waals surface area contributed by atoms with Crippen molar-refractivity contribution in [2.75, 3.05) is 13.1 Å². The van der Waals surface area contributed by atoms with Crippen LogP contribution in [-0.4, -0.2) is 30.1 Å². The number of amidine groups is 1. The van der Waals surface area contributed by atoms with Crippen LogP contribution in [0.3, 0.4) is 0 Å². The largest absolute Gasteiger partial charge is 0.393 e. The Morgan fingerprint density at radius 3 is 1.87 bits per heavy atom. The highest BCUT2D eigenvalue weighted by molar-refractivity contribution is 5.86. The van der Waals surface area contributed by atoms with Crippen molar-refractivity contribution in [2.45, 2.75) is 103 Å². The van der Waals surface area contributed by atoms with Crippen molar-refractivity contribution in [3.8, 4) is 0 Å². The van der Waals surface area contributed by atoms with E-state index in [2.05, 4.69) is 17.2 Å². The van der Waals surface area contributed by atoms with Crippen molar-refractivity contribution in [1.29, 1.82) is 0 Å². The minimum Gasteiger partial charge on any atom is -0.393 e. The molecule has 0 spiro atoms. The van der Waals surface area contributed by atoms with E-state index in [0.717, 1.165) is 25.3 Å². The molecule has 136 valence electrons. The lowest BCUT2D eigenvalue weighted by molar-refractivity contribution is 0.150. The van der Waals surface area contributed by atoms with E-state index < -0.39 is 0 Å². The van der Waals surface area contributed by atoms with E-state index in [4.69, 9.17) is 0 Å². The maximum absolute atomic E-state index is 9.93. The molecule has 0 fully saturated rings. The van der Waals surface area contributed by atoms with Crippen LogP contribution in [0.25, 0.3) is 0 Å². The number of aliphatic hydroxyl groups is 1. The highest BCUT2D eigenvalue weighted by Gasteiger charge is 2.22. The van der Waals surface area contributed by atoms with E-state index in [1.165, 1.54) is 77.0 Å². The maximum Gasteiger partial charge on any atom is 0.102 e. The molecule has 3 heteroatoms. The average Bonchev–Trinajstić information content (AvgIpc) is 3.05. The zero-order chi connectivity index (χ0) is 16.8. The predicted molar refractivity (Wildman–Crippen MR) is 101 cm³/mol. The fourth-order valence-electron chi connectivity index (χ4n) is 3.48. The van der Waals surface area contributed by atoms with Gasteiger partial charge in [0.15, 0.2) is 0 Å². The lowest BCUT2D eigenvalue weighted by Gasteiger charge is -2.20. The second kappa shape index (κ2) is 13.8. The monoisotopic (exact) mass is 324 g/mol. The standard InChI is InChI=1S/C20H40N2O/c1-3-4-5-6-7-8-9-10-11-12-13-14-15-19(18(2)23)20-21-16-17-22-20/h18-19,23H,3-17H2,1-2H3,(H,21,22). The number of aliphatic imine (C=N–C) groups is 1. The van der Waals surface area contributed by atoms with Crippen LogP contribution >= 0.6 is 0 Å². The number of nitrogens with one attached hydrogen (secondary N) is 1. The zero-order valence-electron chi connectivity index (χ0n) is 15.7. The number of rotatable bonds is 15. The van der Waals surface area contributed by atoms with Gasteiger partial charge in [-0.15, -0.1) is 0 Å². The van der Waals surface area contributed by atoms with E-state index >= 15 is 0 Å². The summed E-state index contributed by atoms with van der Waals surface area (Å²) in [5.74, 6) is 1.27. The van der Waals surface area contributed by atoms with Gasteiger partial charge < -0.3 is 10.4 Å². The molecule has 0 aliphatic carbocycles. The van der Waals surface area contributed by atoms with Gasteiger partial charge >= 0.3 is 0 Å². The van der Waals surface area contributed by atoms with Crippen LogP contribution in [0.15, 0.2) is 4.99 Å². The topological polar surface area (TPSA) is 44.6 Å². The molecule has 0 aromatic rings. The summed E-state index contributed by atoms with van der Waals surface area (Å²) in [7, 11) is 0. The minimum atomic E-state index is -0.285. The van der Waals surface area contributed by atoms with Crippen LogP contribution in [0, 0.1) is 5.92 Å². The Balaban J connectivity index is 1.90. The normalized spacial score (nSPS) is 16.9. The first-order chi connectivity index (χ1) is 11.3. The molecule has 0 saturated carbocycles. The molecule has 3 nitrogen and oxygen atoms in total. The smallest absolute Gasteiger partial charge is 0.102 e. The minimum absolute atomic E-state index is 0.223. The van der Waals surface area contributed by atoms with Gasteiger partial charge in [-0.3, -0.25) is 4.99 Å². The number of unbranched alkanes of at least 4 members (excludes halogenated alkanes) is 11. The van der Waals surface area contributed by atoms with E-state index in [-0.39, 0.29) is 12.0 Å². The molecular formula is C20H40N2O. The highest BCUT2D eigenvalue weighted by Crippen LogP contribution is 2.18. The van der Waals surface area contributed by atoms with Gasteiger partial charge in [0.1, 0.15) is 5.84 Å². The number of aliphatic hydroxyl groups excluding tert-OH is 1. The Morgan fingerprint density at radius 1 is 0.913 bits per heavy atom. The Hall–Kier alpha value is -0.570. The fraction of sp³-hybridized carbons (Fsp3) is 0.950. The number of hydrogen-bond acceptors (Lipinski definition) is 3. The van der Waals surface area contributed by atoms with Gasteiger partial charge in [-0.2, -0.15) is 0 Å². The number of nitrogens with zero attached hydrogens (tertiary/aromatic N) is 1. The predicted octanol–water partition coefficient (Wildman–Crippen LogP) is 5.08. The summed E-state index contributed by atoms with van der Waals surface area (Å²) in [6.45, 7) is 5.99. The molecule has 23 heavy (non-hydrogen) atoms. The van der Waals surface area contributed by atoms with Gasteiger partial charge in [-0.1, -0.05) is 84.0 Å². The van der Waals surface area contributed by atoms with Crippen LogP contribution in [0.2, 0.25) is 0 Å². The molecule has 0 bridgehead atoms.